The molecule has 0 aromatic carbocycles. The highest BCUT2D eigenvalue weighted by Crippen LogP contribution is 2.30. The Morgan fingerprint density at radius 2 is 2.41 bits per heavy atom. The molecule has 1 aliphatic heterocycles. The summed E-state index contributed by atoms with van der Waals surface area (Å²) in [5.41, 5.74) is 0. The van der Waals surface area contributed by atoms with Crippen molar-refractivity contribution >= 4 is 5.97 Å². The first kappa shape index (κ1) is 12.0. The van der Waals surface area contributed by atoms with E-state index < -0.39 is 11.8 Å². The molecule has 1 aromatic heterocycles. The van der Waals surface area contributed by atoms with E-state index in [-0.39, 0.29) is 11.9 Å². The lowest BCUT2D eigenvalue weighted by Gasteiger charge is -2.15. The van der Waals surface area contributed by atoms with Crippen molar-refractivity contribution in [1.29, 1.82) is 0 Å². The Hall–Kier alpha value is -1.47. The number of H-pyrrole nitrogens is 1. The molecule has 0 spiro atoms. The number of nitrogens with one attached hydrogen (secondary N) is 1. The number of carbonyl (C=O) groups excluding carboxylic acids is 1. The van der Waals surface area contributed by atoms with Gasteiger partial charge in [0.25, 0.3) is 5.82 Å². The Morgan fingerprint density at radius 1 is 1.65 bits per heavy atom. The summed E-state index contributed by atoms with van der Waals surface area (Å²) in [5.74, 6) is -0.705. The van der Waals surface area contributed by atoms with Crippen LogP contribution < -0.4 is 0 Å². The minimum atomic E-state index is -0.637. The van der Waals surface area contributed by atoms with E-state index in [4.69, 9.17) is 14.2 Å². The topological polar surface area (TPSA) is 86.3 Å². The van der Waals surface area contributed by atoms with E-state index in [9.17, 15) is 4.79 Å². The fraction of sp³-hybridized carbons (Fsp3) is 0.700. The van der Waals surface area contributed by atoms with Gasteiger partial charge in [-0.1, -0.05) is 0 Å². The molecular weight excluding hydrogens is 226 g/mol. The van der Waals surface area contributed by atoms with Crippen molar-refractivity contribution in [2.45, 2.75) is 32.7 Å². The lowest BCUT2D eigenvalue weighted by molar-refractivity contribution is -0.139. The number of esters is 1. The van der Waals surface area contributed by atoms with Crippen molar-refractivity contribution < 1.29 is 19.0 Å². The Bertz CT molecular complexity index is 415. The summed E-state index contributed by atoms with van der Waals surface area (Å²) in [6.45, 7) is 6.02. The van der Waals surface area contributed by atoms with Gasteiger partial charge in [0.15, 0.2) is 11.6 Å². The lowest BCUT2D eigenvalue weighted by atomic mass is 10.3. The maximum Gasteiger partial charge on any atom is 0.378 e. The summed E-state index contributed by atoms with van der Waals surface area (Å²) >= 11 is 0. The highest BCUT2D eigenvalue weighted by molar-refractivity contribution is 5.84. The summed E-state index contributed by atoms with van der Waals surface area (Å²) in [5, 5.41) is 6.44. The van der Waals surface area contributed by atoms with Crippen LogP contribution in [0.1, 0.15) is 43.3 Å². The number of hydrogen-bond acceptors (Lipinski definition) is 6. The molecule has 1 aliphatic rings. The van der Waals surface area contributed by atoms with E-state index in [0.29, 0.717) is 19.0 Å². The van der Waals surface area contributed by atoms with Gasteiger partial charge in [0.1, 0.15) is 6.10 Å². The Balaban J connectivity index is 2.06. The number of carbonyl (C=O) groups is 1. The summed E-state index contributed by atoms with van der Waals surface area (Å²) in [4.78, 5) is 15.4. The van der Waals surface area contributed by atoms with Gasteiger partial charge >= 0.3 is 5.97 Å². The van der Waals surface area contributed by atoms with Crippen LogP contribution >= 0.6 is 0 Å². The van der Waals surface area contributed by atoms with Crippen molar-refractivity contribution in [1.82, 2.24) is 15.2 Å². The first-order valence-corrected chi connectivity index (χ1v) is 5.43. The molecule has 17 heavy (non-hydrogen) atoms. The Labute approximate surface area is 98.5 Å². The van der Waals surface area contributed by atoms with Crippen LogP contribution in [-0.4, -0.2) is 40.2 Å². The van der Waals surface area contributed by atoms with Crippen molar-refractivity contribution in [2.75, 3.05) is 13.2 Å². The van der Waals surface area contributed by atoms with E-state index in [0.717, 1.165) is 0 Å². The average Bonchev–Trinajstić information content (AvgIpc) is 2.84. The van der Waals surface area contributed by atoms with E-state index in [2.05, 4.69) is 15.2 Å². The minimum absolute atomic E-state index is 0.00940. The Morgan fingerprint density at radius 3 is 3.00 bits per heavy atom. The monoisotopic (exact) mass is 241 g/mol. The summed E-state index contributed by atoms with van der Waals surface area (Å²) < 4.78 is 15.8. The zero-order valence-corrected chi connectivity index (χ0v) is 10.0. The van der Waals surface area contributed by atoms with Gasteiger partial charge in [0.2, 0.25) is 0 Å². The maximum absolute atomic E-state index is 11.4. The molecule has 94 valence electrons. The number of aromatic nitrogens is 3. The van der Waals surface area contributed by atoms with E-state index >= 15 is 0 Å². The van der Waals surface area contributed by atoms with Gasteiger partial charge in [0, 0.05) is 0 Å². The van der Waals surface area contributed by atoms with Gasteiger partial charge in [-0.25, -0.2) is 9.78 Å². The summed E-state index contributed by atoms with van der Waals surface area (Å²) in [7, 11) is 0. The molecule has 2 heterocycles. The highest BCUT2D eigenvalue weighted by atomic mass is 16.7. The standard InChI is InChI=1S/C10H15N3O4/c1-4-15-9(14)8-11-7(12-13-8)6-5-16-10(2,3)17-6/h6H,4-5H2,1-3H3,(H,11,12,13). The van der Waals surface area contributed by atoms with Gasteiger partial charge < -0.3 is 14.2 Å². The van der Waals surface area contributed by atoms with Crippen LogP contribution in [0.3, 0.4) is 0 Å². The third-order valence-electron chi connectivity index (χ3n) is 2.27. The first-order chi connectivity index (χ1) is 8.02. The quantitative estimate of drug-likeness (QED) is 0.788. The second-order valence-corrected chi connectivity index (χ2v) is 4.08. The molecule has 1 atom stereocenters. The number of hydrogen-bond donors (Lipinski definition) is 1. The van der Waals surface area contributed by atoms with Gasteiger partial charge in [-0.15, -0.1) is 5.10 Å². The second kappa shape index (κ2) is 4.42. The average molecular weight is 241 g/mol. The smallest absolute Gasteiger partial charge is 0.378 e. The van der Waals surface area contributed by atoms with Crippen LogP contribution in [0.15, 0.2) is 0 Å². The van der Waals surface area contributed by atoms with Gasteiger partial charge in [-0.2, -0.15) is 0 Å². The third-order valence-corrected chi connectivity index (χ3v) is 2.27. The molecular formula is C10H15N3O4. The van der Waals surface area contributed by atoms with Gasteiger partial charge in [-0.05, 0) is 20.8 Å². The van der Waals surface area contributed by atoms with Gasteiger partial charge in [-0.3, -0.25) is 5.10 Å². The summed E-state index contributed by atoms with van der Waals surface area (Å²) in [6.07, 6.45) is -0.333. The van der Waals surface area contributed by atoms with Crippen molar-refractivity contribution in [3.63, 3.8) is 0 Å². The zero-order valence-electron chi connectivity index (χ0n) is 10.0. The molecule has 1 saturated heterocycles. The predicted octanol–water partition coefficient (Wildman–Crippen LogP) is 0.805. The predicted molar refractivity (Wildman–Crippen MR) is 56.2 cm³/mol. The molecule has 1 N–H and O–H groups in total. The first-order valence-electron chi connectivity index (χ1n) is 5.43. The molecule has 1 unspecified atom stereocenters. The molecule has 1 aromatic rings. The molecule has 1 fully saturated rings. The van der Waals surface area contributed by atoms with Crippen LogP contribution in [0, 0.1) is 0 Å². The number of rotatable bonds is 3. The molecule has 7 nitrogen and oxygen atoms in total. The van der Waals surface area contributed by atoms with Gasteiger partial charge in [0.05, 0.1) is 13.2 Å². The minimum Gasteiger partial charge on any atom is -0.460 e. The highest BCUT2D eigenvalue weighted by Gasteiger charge is 2.35. The molecule has 0 bridgehead atoms. The molecule has 0 saturated carbocycles. The molecule has 2 rings (SSSR count). The number of nitrogens with zero attached hydrogens (tertiary/aromatic N) is 2. The fourth-order valence-electron chi connectivity index (χ4n) is 1.53. The largest absolute Gasteiger partial charge is 0.460 e. The molecule has 0 aliphatic carbocycles. The van der Waals surface area contributed by atoms with Crippen molar-refractivity contribution in [3.8, 4) is 0 Å². The maximum atomic E-state index is 11.4. The SMILES string of the molecule is CCOC(=O)c1n[nH]c(C2COC(C)(C)O2)n1. The van der Waals surface area contributed by atoms with Crippen molar-refractivity contribution in [3.05, 3.63) is 11.6 Å². The summed E-state index contributed by atoms with van der Waals surface area (Å²) in [6, 6.07) is 0. The number of ether oxygens (including phenoxy) is 3. The molecule has 0 radical (unpaired) electrons. The Kier molecular flexibility index (Phi) is 3.12. The lowest BCUT2D eigenvalue weighted by Crippen LogP contribution is -2.19. The van der Waals surface area contributed by atoms with Crippen LogP contribution in [-0.2, 0) is 14.2 Å². The second-order valence-electron chi connectivity index (χ2n) is 4.08. The molecule has 7 heteroatoms. The zero-order chi connectivity index (χ0) is 12.5. The van der Waals surface area contributed by atoms with E-state index in [1.165, 1.54) is 0 Å². The van der Waals surface area contributed by atoms with Crippen LogP contribution in [0.5, 0.6) is 0 Å². The van der Waals surface area contributed by atoms with Crippen molar-refractivity contribution in [2.24, 2.45) is 0 Å². The van der Waals surface area contributed by atoms with Crippen LogP contribution in [0.2, 0.25) is 0 Å². The molecule has 0 amide bonds. The van der Waals surface area contributed by atoms with E-state index in [1.807, 2.05) is 13.8 Å². The fourth-order valence-corrected chi connectivity index (χ4v) is 1.53. The normalized spacial score (nSPS) is 22.6. The van der Waals surface area contributed by atoms with Crippen LogP contribution in [0.4, 0.5) is 0 Å². The number of aromatic amines is 1. The van der Waals surface area contributed by atoms with E-state index in [1.54, 1.807) is 6.92 Å². The van der Waals surface area contributed by atoms with Crippen LogP contribution in [0.25, 0.3) is 0 Å². The third kappa shape index (κ3) is 2.62.